The number of nitrogens with two attached hydrogens (primary N) is 1. The Labute approximate surface area is 123 Å². The smallest absolute Gasteiger partial charge is 0.248 e. The van der Waals surface area contributed by atoms with E-state index in [1.165, 1.54) is 0 Å². The number of methoxy groups -OCH3 is 1. The first kappa shape index (κ1) is 14.8. The van der Waals surface area contributed by atoms with Gasteiger partial charge < -0.3 is 15.8 Å². The lowest BCUT2D eigenvalue weighted by Crippen LogP contribution is -2.14. The molecule has 1 aromatic carbocycles. The summed E-state index contributed by atoms with van der Waals surface area (Å²) in [6, 6.07) is 4.92. The zero-order chi connectivity index (χ0) is 15.4. The standard InChI is InChI=1S/C15H18N4O2/c1-9-14(18-7-6-17-9)10(2)19-12-8-11(15(16)20)4-5-13(12)21-3/h4-8,10,19H,1-3H3,(H2,16,20). The molecule has 0 bridgehead atoms. The van der Waals surface area contributed by atoms with Crippen molar-refractivity contribution in [3.63, 3.8) is 0 Å². The molecule has 0 aliphatic heterocycles. The maximum atomic E-state index is 11.3. The molecule has 0 fully saturated rings. The zero-order valence-corrected chi connectivity index (χ0v) is 12.3. The van der Waals surface area contributed by atoms with Crippen molar-refractivity contribution in [1.29, 1.82) is 0 Å². The van der Waals surface area contributed by atoms with Crippen molar-refractivity contribution in [3.8, 4) is 5.75 Å². The summed E-state index contributed by atoms with van der Waals surface area (Å²) in [5.41, 5.74) is 8.10. The van der Waals surface area contributed by atoms with Gasteiger partial charge in [0.05, 0.1) is 30.2 Å². The topological polar surface area (TPSA) is 90.1 Å². The molecule has 2 rings (SSSR count). The summed E-state index contributed by atoms with van der Waals surface area (Å²) in [6.45, 7) is 3.87. The van der Waals surface area contributed by atoms with Crippen LogP contribution in [0.2, 0.25) is 0 Å². The first-order valence-corrected chi connectivity index (χ1v) is 6.54. The number of nitrogens with zero attached hydrogens (tertiary/aromatic N) is 2. The Morgan fingerprint density at radius 3 is 2.67 bits per heavy atom. The van der Waals surface area contributed by atoms with E-state index in [0.29, 0.717) is 17.0 Å². The minimum absolute atomic E-state index is 0.0873. The third-order valence-electron chi connectivity index (χ3n) is 3.19. The monoisotopic (exact) mass is 286 g/mol. The lowest BCUT2D eigenvalue weighted by atomic mass is 10.1. The number of nitrogens with one attached hydrogen (secondary N) is 1. The molecule has 0 saturated carbocycles. The summed E-state index contributed by atoms with van der Waals surface area (Å²) < 4.78 is 5.30. The quantitative estimate of drug-likeness (QED) is 0.878. The van der Waals surface area contributed by atoms with Gasteiger partial charge in [-0.25, -0.2) is 0 Å². The fourth-order valence-electron chi connectivity index (χ4n) is 2.12. The molecule has 0 aliphatic carbocycles. The van der Waals surface area contributed by atoms with E-state index in [2.05, 4.69) is 15.3 Å². The number of aryl methyl sites for hydroxylation is 1. The number of aromatic nitrogens is 2. The van der Waals surface area contributed by atoms with Gasteiger partial charge in [-0.2, -0.15) is 0 Å². The first-order valence-electron chi connectivity index (χ1n) is 6.54. The predicted octanol–water partition coefficient (Wildman–Crippen LogP) is 2.07. The van der Waals surface area contributed by atoms with E-state index in [1.807, 2.05) is 13.8 Å². The number of rotatable bonds is 5. The third kappa shape index (κ3) is 3.28. The van der Waals surface area contributed by atoms with E-state index in [4.69, 9.17) is 10.5 Å². The third-order valence-corrected chi connectivity index (χ3v) is 3.19. The molecular formula is C15H18N4O2. The molecule has 6 heteroatoms. The van der Waals surface area contributed by atoms with Crippen LogP contribution in [0.4, 0.5) is 5.69 Å². The molecule has 3 N–H and O–H groups in total. The summed E-state index contributed by atoms with van der Waals surface area (Å²) in [6.07, 6.45) is 3.30. The lowest BCUT2D eigenvalue weighted by Gasteiger charge is -2.18. The van der Waals surface area contributed by atoms with Crippen LogP contribution in [0.3, 0.4) is 0 Å². The van der Waals surface area contributed by atoms with Crippen molar-refractivity contribution >= 4 is 11.6 Å². The molecule has 0 spiro atoms. The van der Waals surface area contributed by atoms with Crippen molar-refractivity contribution in [2.75, 3.05) is 12.4 Å². The lowest BCUT2D eigenvalue weighted by molar-refractivity contribution is 0.100. The van der Waals surface area contributed by atoms with Gasteiger partial charge in [0, 0.05) is 18.0 Å². The molecule has 110 valence electrons. The number of amides is 1. The Hall–Kier alpha value is -2.63. The Bertz CT molecular complexity index is 658. The van der Waals surface area contributed by atoms with Crippen molar-refractivity contribution in [2.24, 2.45) is 5.73 Å². The largest absolute Gasteiger partial charge is 0.495 e. The zero-order valence-electron chi connectivity index (χ0n) is 12.3. The van der Waals surface area contributed by atoms with E-state index >= 15 is 0 Å². The molecule has 1 unspecified atom stereocenters. The number of benzene rings is 1. The van der Waals surface area contributed by atoms with Gasteiger partial charge in [0.25, 0.3) is 0 Å². The Morgan fingerprint density at radius 2 is 2.05 bits per heavy atom. The van der Waals surface area contributed by atoms with Crippen molar-refractivity contribution in [3.05, 3.63) is 47.5 Å². The SMILES string of the molecule is COc1ccc(C(N)=O)cc1NC(C)c1nccnc1C. The van der Waals surface area contributed by atoms with Crippen molar-refractivity contribution in [2.45, 2.75) is 19.9 Å². The number of ether oxygens (including phenoxy) is 1. The van der Waals surface area contributed by atoms with E-state index in [1.54, 1.807) is 37.7 Å². The van der Waals surface area contributed by atoms with Gasteiger partial charge in [0.1, 0.15) is 5.75 Å². The van der Waals surface area contributed by atoms with Gasteiger partial charge >= 0.3 is 0 Å². The first-order chi connectivity index (χ1) is 10.0. The summed E-state index contributed by atoms with van der Waals surface area (Å²) in [5, 5.41) is 3.28. The summed E-state index contributed by atoms with van der Waals surface area (Å²) in [7, 11) is 1.57. The van der Waals surface area contributed by atoms with Crippen LogP contribution in [0.25, 0.3) is 0 Å². The Balaban J connectivity index is 2.31. The summed E-state index contributed by atoms with van der Waals surface area (Å²) >= 11 is 0. The fraction of sp³-hybridized carbons (Fsp3) is 0.267. The molecular weight excluding hydrogens is 268 g/mol. The maximum absolute atomic E-state index is 11.3. The molecule has 21 heavy (non-hydrogen) atoms. The summed E-state index contributed by atoms with van der Waals surface area (Å²) in [5.74, 6) is 0.150. The highest BCUT2D eigenvalue weighted by molar-refractivity contribution is 5.94. The van der Waals surface area contributed by atoms with E-state index in [0.717, 1.165) is 11.4 Å². The van der Waals surface area contributed by atoms with Crippen LogP contribution in [-0.4, -0.2) is 23.0 Å². The van der Waals surface area contributed by atoms with Gasteiger partial charge in [-0.3, -0.25) is 14.8 Å². The molecule has 1 aromatic heterocycles. The number of hydrogen-bond donors (Lipinski definition) is 2. The van der Waals surface area contributed by atoms with Gasteiger partial charge in [0.15, 0.2) is 0 Å². The van der Waals surface area contributed by atoms with Gasteiger partial charge in [-0.1, -0.05) is 0 Å². The molecule has 0 radical (unpaired) electrons. The average molecular weight is 286 g/mol. The van der Waals surface area contributed by atoms with E-state index in [-0.39, 0.29) is 6.04 Å². The van der Waals surface area contributed by atoms with Crippen LogP contribution in [0.5, 0.6) is 5.75 Å². The van der Waals surface area contributed by atoms with Crippen LogP contribution >= 0.6 is 0 Å². The Kier molecular flexibility index (Phi) is 4.37. The maximum Gasteiger partial charge on any atom is 0.248 e. The molecule has 2 aromatic rings. The molecule has 1 atom stereocenters. The minimum atomic E-state index is -0.482. The van der Waals surface area contributed by atoms with Crippen molar-refractivity contribution in [1.82, 2.24) is 9.97 Å². The number of carbonyl (C=O) groups excluding carboxylic acids is 1. The molecule has 1 heterocycles. The second-order valence-electron chi connectivity index (χ2n) is 4.67. The summed E-state index contributed by atoms with van der Waals surface area (Å²) in [4.78, 5) is 19.8. The van der Waals surface area contributed by atoms with E-state index < -0.39 is 5.91 Å². The van der Waals surface area contributed by atoms with Gasteiger partial charge in [-0.15, -0.1) is 0 Å². The number of primary amides is 1. The number of carbonyl (C=O) groups is 1. The van der Waals surface area contributed by atoms with E-state index in [9.17, 15) is 4.79 Å². The van der Waals surface area contributed by atoms with Gasteiger partial charge in [0.2, 0.25) is 5.91 Å². The second-order valence-corrected chi connectivity index (χ2v) is 4.67. The second kappa shape index (κ2) is 6.21. The van der Waals surface area contributed by atoms with Crippen molar-refractivity contribution < 1.29 is 9.53 Å². The molecule has 1 amide bonds. The number of hydrogen-bond acceptors (Lipinski definition) is 5. The van der Waals surface area contributed by atoms with Crippen LogP contribution in [0, 0.1) is 6.92 Å². The highest BCUT2D eigenvalue weighted by atomic mass is 16.5. The molecule has 0 aliphatic rings. The normalized spacial score (nSPS) is 11.8. The fourth-order valence-corrected chi connectivity index (χ4v) is 2.12. The molecule has 0 saturated heterocycles. The average Bonchev–Trinajstić information content (AvgIpc) is 2.47. The molecule has 6 nitrogen and oxygen atoms in total. The van der Waals surface area contributed by atoms with Crippen LogP contribution in [0.1, 0.15) is 34.7 Å². The Morgan fingerprint density at radius 1 is 1.33 bits per heavy atom. The van der Waals surface area contributed by atoms with Crippen LogP contribution < -0.4 is 15.8 Å². The number of anilines is 1. The van der Waals surface area contributed by atoms with Crippen LogP contribution in [0.15, 0.2) is 30.6 Å². The van der Waals surface area contributed by atoms with Gasteiger partial charge in [-0.05, 0) is 32.0 Å². The highest BCUT2D eigenvalue weighted by Crippen LogP contribution is 2.29. The predicted molar refractivity (Wildman–Crippen MR) is 80.3 cm³/mol. The minimum Gasteiger partial charge on any atom is -0.495 e. The van der Waals surface area contributed by atoms with Crippen LogP contribution in [-0.2, 0) is 0 Å². The highest BCUT2D eigenvalue weighted by Gasteiger charge is 2.14.